The topological polar surface area (TPSA) is 21.3 Å². The van der Waals surface area contributed by atoms with Crippen LogP contribution >= 0.6 is 11.3 Å². The molecule has 1 spiro atoms. The fraction of sp³-hybridized carbons (Fsp3) is 0.750. The number of fused-ring (bicyclic) bond motifs is 2. The zero-order valence-electron chi connectivity index (χ0n) is 12.3. The fourth-order valence-electron chi connectivity index (χ4n) is 3.54. The van der Waals surface area contributed by atoms with E-state index in [1.165, 1.54) is 12.0 Å². The van der Waals surface area contributed by atoms with Crippen molar-refractivity contribution in [3.8, 4) is 0 Å². The van der Waals surface area contributed by atoms with E-state index >= 15 is 0 Å². The Morgan fingerprint density at radius 1 is 1.53 bits per heavy atom. The summed E-state index contributed by atoms with van der Waals surface area (Å²) in [5.74, 6) is 0.740. The van der Waals surface area contributed by atoms with Crippen molar-refractivity contribution in [3.05, 3.63) is 21.4 Å². The summed E-state index contributed by atoms with van der Waals surface area (Å²) < 4.78 is 6.29. The van der Waals surface area contributed by atoms with Crippen LogP contribution in [-0.2, 0) is 23.2 Å². The van der Waals surface area contributed by atoms with Crippen molar-refractivity contribution in [2.24, 2.45) is 5.92 Å². The number of rotatable bonds is 2. The summed E-state index contributed by atoms with van der Waals surface area (Å²) in [4.78, 5) is 3.15. The van der Waals surface area contributed by atoms with Crippen LogP contribution < -0.4 is 5.32 Å². The molecular weight excluding hydrogens is 254 g/mol. The van der Waals surface area contributed by atoms with Gasteiger partial charge in [-0.2, -0.15) is 0 Å². The van der Waals surface area contributed by atoms with Crippen molar-refractivity contribution < 1.29 is 4.74 Å². The largest absolute Gasteiger partial charge is 0.370 e. The van der Waals surface area contributed by atoms with Gasteiger partial charge in [-0.05, 0) is 50.3 Å². The third-order valence-corrected chi connectivity index (χ3v) is 5.54. The summed E-state index contributed by atoms with van der Waals surface area (Å²) in [6.07, 6.45) is 4.57. The van der Waals surface area contributed by atoms with Gasteiger partial charge in [0.2, 0.25) is 0 Å². The molecular formula is C16H25NOS. The summed E-state index contributed by atoms with van der Waals surface area (Å²) in [6.45, 7) is 8.87. The molecule has 1 fully saturated rings. The van der Waals surface area contributed by atoms with E-state index in [9.17, 15) is 0 Å². The van der Waals surface area contributed by atoms with E-state index in [0.29, 0.717) is 6.04 Å². The Balaban J connectivity index is 1.92. The van der Waals surface area contributed by atoms with Crippen molar-refractivity contribution in [2.45, 2.75) is 58.1 Å². The summed E-state index contributed by atoms with van der Waals surface area (Å²) in [7, 11) is 0. The molecule has 0 saturated carbocycles. The second kappa shape index (κ2) is 5.19. The third-order valence-electron chi connectivity index (χ3n) is 4.33. The maximum Gasteiger partial charge on any atom is 0.0969 e. The molecule has 0 bridgehead atoms. The highest BCUT2D eigenvalue weighted by Gasteiger charge is 2.42. The molecule has 3 heteroatoms. The maximum absolute atomic E-state index is 6.29. The number of thiophene rings is 1. The molecule has 0 aliphatic carbocycles. The molecule has 19 heavy (non-hydrogen) atoms. The first-order valence-corrected chi connectivity index (χ1v) is 8.40. The summed E-state index contributed by atoms with van der Waals surface area (Å²) in [6, 6.07) is 3.02. The Kier molecular flexibility index (Phi) is 3.71. The molecule has 0 aromatic carbocycles. The van der Waals surface area contributed by atoms with Crippen LogP contribution in [0, 0.1) is 5.92 Å². The standard InChI is InChI=1S/C16H25NOS/c1-11(2)8-13-9-14-15(19-13)4-7-18-16(14)5-6-17-12(3)10-16/h9,11-12,17H,4-8,10H2,1-3H3/t12-,16+/m0/s1. The second-order valence-corrected chi connectivity index (χ2v) is 7.77. The van der Waals surface area contributed by atoms with Crippen LogP contribution in [0.1, 0.15) is 48.9 Å². The minimum Gasteiger partial charge on any atom is -0.370 e. The molecule has 1 saturated heterocycles. The first-order valence-electron chi connectivity index (χ1n) is 7.58. The minimum atomic E-state index is 0.0178. The molecule has 0 amide bonds. The maximum atomic E-state index is 6.29. The second-order valence-electron chi connectivity index (χ2n) is 6.55. The van der Waals surface area contributed by atoms with Gasteiger partial charge in [-0.3, -0.25) is 0 Å². The van der Waals surface area contributed by atoms with Crippen molar-refractivity contribution >= 4 is 11.3 Å². The fourth-order valence-corrected chi connectivity index (χ4v) is 4.99. The van der Waals surface area contributed by atoms with E-state index in [2.05, 4.69) is 32.2 Å². The van der Waals surface area contributed by atoms with Crippen LogP contribution in [0.15, 0.2) is 6.07 Å². The molecule has 2 aliphatic rings. The van der Waals surface area contributed by atoms with Gasteiger partial charge in [0, 0.05) is 22.2 Å². The minimum absolute atomic E-state index is 0.0178. The lowest BCUT2D eigenvalue weighted by molar-refractivity contribution is -0.0870. The van der Waals surface area contributed by atoms with Crippen LogP contribution in [0.2, 0.25) is 0 Å². The van der Waals surface area contributed by atoms with Gasteiger partial charge in [0.05, 0.1) is 12.2 Å². The molecule has 3 rings (SSSR count). The molecule has 0 radical (unpaired) electrons. The first-order chi connectivity index (χ1) is 9.09. The van der Waals surface area contributed by atoms with E-state index in [4.69, 9.17) is 4.74 Å². The monoisotopic (exact) mass is 279 g/mol. The number of hydrogen-bond donors (Lipinski definition) is 1. The lowest BCUT2D eigenvalue weighted by Crippen LogP contribution is -2.48. The molecule has 1 aromatic rings. The van der Waals surface area contributed by atoms with Crippen LogP contribution in [0.3, 0.4) is 0 Å². The average Bonchev–Trinajstić information content (AvgIpc) is 2.72. The Labute approximate surface area is 120 Å². The van der Waals surface area contributed by atoms with E-state index in [1.54, 1.807) is 9.75 Å². The molecule has 0 unspecified atom stereocenters. The molecule has 1 N–H and O–H groups in total. The van der Waals surface area contributed by atoms with Crippen molar-refractivity contribution in [2.75, 3.05) is 13.2 Å². The summed E-state index contributed by atoms with van der Waals surface area (Å²) >= 11 is 2.03. The molecule has 3 heterocycles. The SMILES string of the molecule is CC(C)Cc1cc2c(s1)CCO[C@@]21CCN[C@@H](C)C1. The Hall–Kier alpha value is -0.380. The molecule has 1 aromatic heterocycles. The van der Waals surface area contributed by atoms with Gasteiger partial charge in [0.1, 0.15) is 0 Å². The van der Waals surface area contributed by atoms with Gasteiger partial charge in [-0.25, -0.2) is 0 Å². The van der Waals surface area contributed by atoms with Crippen LogP contribution in [0.4, 0.5) is 0 Å². The summed E-state index contributed by atoms with van der Waals surface area (Å²) in [5, 5.41) is 3.55. The van der Waals surface area contributed by atoms with Crippen molar-refractivity contribution in [1.29, 1.82) is 0 Å². The van der Waals surface area contributed by atoms with Gasteiger partial charge in [0.25, 0.3) is 0 Å². The Morgan fingerprint density at radius 3 is 3.11 bits per heavy atom. The van der Waals surface area contributed by atoms with Gasteiger partial charge < -0.3 is 10.1 Å². The lowest BCUT2D eigenvalue weighted by Gasteiger charge is -2.43. The van der Waals surface area contributed by atoms with Crippen LogP contribution in [-0.4, -0.2) is 19.2 Å². The number of ether oxygens (including phenoxy) is 1. The van der Waals surface area contributed by atoms with E-state index < -0.39 is 0 Å². The lowest BCUT2D eigenvalue weighted by atomic mass is 9.80. The van der Waals surface area contributed by atoms with Crippen LogP contribution in [0.25, 0.3) is 0 Å². The molecule has 106 valence electrons. The normalized spacial score (nSPS) is 30.8. The molecule has 2 atom stereocenters. The van der Waals surface area contributed by atoms with Gasteiger partial charge >= 0.3 is 0 Å². The zero-order valence-corrected chi connectivity index (χ0v) is 13.1. The van der Waals surface area contributed by atoms with Crippen molar-refractivity contribution in [1.82, 2.24) is 5.32 Å². The predicted molar refractivity (Wildman–Crippen MR) is 80.9 cm³/mol. The zero-order chi connectivity index (χ0) is 13.5. The summed E-state index contributed by atoms with van der Waals surface area (Å²) in [5.41, 5.74) is 1.54. The number of hydrogen-bond acceptors (Lipinski definition) is 3. The molecule has 2 nitrogen and oxygen atoms in total. The van der Waals surface area contributed by atoms with Crippen LogP contribution in [0.5, 0.6) is 0 Å². The quantitative estimate of drug-likeness (QED) is 0.895. The van der Waals surface area contributed by atoms with Gasteiger partial charge in [0.15, 0.2) is 0 Å². The van der Waals surface area contributed by atoms with Gasteiger partial charge in [-0.15, -0.1) is 11.3 Å². The highest BCUT2D eigenvalue weighted by molar-refractivity contribution is 7.12. The smallest absolute Gasteiger partial charge is 0.0969 e. The highest BCUT2D eigenvalue weighted by atomic mass is 32.1. The highest BCUT2D eigenvalue weighted by Crippen LogP contribution is 2.44. The number of piperidine rings is 1. The predicted octanol–water partition coefficient (Wildman–Crippen LogP) is 3.49. The van der Waals surface area contributed by atoms with E-state index in [-0.39, 0.29) is 5.60 Å². The van der Waals surface area contributed by atoms with E-state index in [1.807, 2.05) is 11.3 Å². The van der Waals surface area contributed by atoms with Gasteiger partial charge in [-0.1, -0.05) is 13.8 Å². The van der Waals surface area contributed by atoms with Crippen molar-refractivity contribution in [3.63, 3.8) is 0 Å². The Bertz CT molecular complexity index is 454. The first kappa shape index (κ1) is 13.6. The Morgan fingerprint density at radius 2 is 2.37 bits per heavy atom. The third kappa shape index (κ3) is 2.61. The van der Waals surface area contributed by atoms with E-state index in [0.717, 1.165) is 38.3 Å². The number of nitrogens with one attached hydrogen (secondary N) is 1. The average molecular weight is 279 g/mol. The molecule has 2 aliphatic heterocycles.